The molecule has 3 fully saturated rings. The average molecular weight is 463 g/mol. The van der Waals surface area contributed by atoms with Crippen molar-refractivity contribution in [3.05, 3.63) is 70.8 Å². The summed E-state index contributed by atoms with van der Waals surface area (Å²) in [6.45, 7) is 0. The highest BCUT2D eigenvalue weighted by atomic mass is 16.2. The zero-order valence-corrected chi connectivity index (χ0v) is 19.6. The molecule has 2 N–H and O–H groups in total. The fraction of sp³-hybridized carbons (Fsp3) is 0.310. The molecule has 6 heteroatoms. The first kappa shape index (κ1) is 19.6. The van der Waals surface area contributed by atoms with Crippen molar-refractivity contribution in [1.82, 2.24) is 14.4 Å². The van der Waals surface area contributed by atoms with Crippen LogP contribution in [-0.2, 0) is 4.79 Å². The van der Waals surface area contributed by atoms with Crippen LogP contribution < -0.4 is 5.73 Å². The summed E-state index contributed by atoms with van der Waals surface area (Å²) in [6, 6.07) is 17.8. The van der Waals surface area contributed by atoms with E-state index in [0.717, 1.165) is 57.3 Å². The normalized spacial score (nSPS) is 27.9. The number of hydrogen-bond acceptors (Lipinski definition) is 3. The van der Waals surface area contributed by atoms with E-state index >= 15 is 0 Å². The standard InChI is InChI=1S/C29H26N4O2/c1-31-20-9-10-21(31)23-12-11-22(20)33(23)29(35)17-7-4-6-16-25(17)24-13-15-5-2-3-8-19(15)32(24)14-18-26(16)27(18)28(30)34/h2-8,13-14,20-23H,9-12H2,1H3,(H2,30,34). The van der Waals surface area contributed by atoms with Crippen molar-refractivity contribution in [3.63, 3.8) is 0 Å². The number of nitrogens with two attached hydrogens (primary N) is 1. The number of piperazine rings is 1. The molecule has 6 nitrogen and oxygen atoms in total. The summed E-state index contributed by atoms with van der Waals surface area (Å²) in [7, 11) is 2.24. The summed E-state index contributed by atoms with van der Waals surface area (Å²) >= 11 is 0. The molecular formula is C29H26N4O2. The Morgan fingerprint density at radius 1 is 0.914 bits per heavy atom. The molecule has 0 spiro atoms. The fourth-order valence-electron chi connectivity index (χ4n) is 7.70. The van der Waals surface area contributed by atoms with Gasteiger partial charge in [-0.25, -0.2) is 0 Å². The Morgan fingerprint density at radius 2 is 1.63 bits per heavy atom. The number of para-hydroxylation sites is 1. The molecule has 3 aromatic rings. The maximum Gasteiger partial charge on any atom is 0.255 e. The first-order valence-corrected chi connectivity index (χ1v) is 12.6. The van der Waals surface area contributed by atoms with Gasteiger partial charge in [-0.05, 0) is 56.5 Å². The highest BCUT2D eigenvalue weighted by Crippen LogP contribution is 2.54. The molecule has 4 aliphatic heterocycles. The molecule has 8 rings (SSSR count). The van der Waals surface area contributed by atoms with Gasteiger partial charge in [-0.3, -0.25) is 14.5 Å². The Morgan fingerprint density at radius 3 is 2.37 bits per heavy atom. The lowest BCUT2D eigenvalue weighted by Crippen LogP contribution is -2.60. The quantitative estimate of drug-likeness (QED) is 0.629. The number of carbonyl (C=O) groups excluding carboxylic acids is 2. The van der Waals surface area contributed by atoms with Crippen molar-refractivity contribution in [2.75, 3.05) is 7.05 Å². The van der Waals surface area contributed by atoms with Gasteiger partial charge in [0.05, 0.1) is 16.8 Å². The lowest BCUT2D eigenvalue weighted by molar-refractivity contribution is -0.114. The molecule has 2 amide bonds. The first-order chi connectivity index (χ1) is 17.0. The number of hydrogen-bond donors (Lipinski definition) is 1. The lowest BCUT2D eigenvalue weighted by atomic mass is 9.94. The number of allylic oxidation sites excluding steroid dienone is 1. The van der Waals surface area contributed by atoms with Crippen molar-refractivity contribution in [1.29, 1.82) is 0 Å². The van der Waals surface area contributed by atoms with Crippen LogP contribution in [0.4, 0.5) is 0 Å². The molecule has 174 valence electrons. The SMILES string of the molecule is CN1C2CCC1C1CCC2N1C(=O)c1cccc2c1-c1cc3ccccc3n1C=C1C(C(N)=O)=C12. The molecule has 4 atom stereocenters. The van der Waals surface area contributed by atoms with E-state index in [4.69, 9.17) is 5.73 Å². The number of nitrogens with zero attached hydrogens (tertiary/aromatic N) is 3. The summed E-state index contributed by atoms with van der Waals surface area (Å²) in [5, 5.41) is 1.11. The van der Waals surface area contributed by atoms with Crippen LogP contribution >= 0.6 is 0 Å². The van der Waals surface area contributed by atoms with E-state index in [0.29, 0.717) is 17.7 Å². The molecule has 1 aromatic heterocycles. The topological polar surface area (TPSA) is 71.6 Å². The number of rotatable bonds is 2. The largest absolute Gasteiger partial charge is 0.366 e. The molecule has 5 heterocycles. The van der Waals surface area contributed by atoms with Gasteiger partial charge in [0.25, 0.3) is 5.91 Å². The van der Waals surface area contributed by atoms with Gasteiger partial charge < -0.3 is 15.2 Å². The highest BCUT2D eigenvalue weighted by Gasteiger charge is 2.55. The second-order valence-corrected chi connectivity index (χ2v) is 10.6. The Balaban J connectivity index is 1.35. The summed E-state index contributed by atoms with van der Waals surface area (Å²) in [5.41, 5.74) is 12.7. The molecule has 3 saturated heterocycles. The van der Waals surface area contributed by atoms with E-state index in [1.165, 1.54) is 12.8 Å². The average Bonchev–Trinajstić information content (AvgIpc) is 3.15. The smallest absolute Gasteiger partial charge is 0.255 e. The van der Waals surface area contributed by atoms with Crippen LogP contribution in [0.5, 0.6) is 0 Å². The van der Waals surface area contributed by atoms with Crippen LogP contribution in [0.15, 0.2) is 59.7 Å². The number of amides is 2. The monoisotopic (exact) mass is 462 g/mol. The number of aromatic nitrogens is 1. The predicted molar refractivity (Wildman–Crippen MR) is 135 cm³/mol. The van der Waals surface area contributed by atoms with Crippen LogP contribution in [-0.4, -0.2) is 57.4 Å². The highest BCUT2D eigenvalue weighted by molar-refractivity contribution is 6.27. The van der Waals surface area contributed by atoms with Gasteiger partial charge >= 0.3 is 0 Å². The number of likely N-dealkylation sites (N-methyl/N-ethyl adjacent to an activating group) is 1. The van der Waals surface area contributed by atoms with Crippen LogP contribution in [0.25, 0.3) is 33.9 Å². The summed E-state index contributed by atoms with van der Waals surface area (Å²) in [4.78, 5) is 31.4. The van der Waals surface area contributed by atoms with Crippen molar-refractivity contribution in [2.45, 2.75) is 49.9 Å². The summed E-state index contributed by atoms with van der Waals surface area (Å²) in [6.07, 6.45) is 6.53. The molecule has 2 aromatic carbocycles. The molecule has 4 unspecified atom stereocenters. The Hall–Kier alpha value is -3.64. The Bertz CT molecular complexity index is 1540. The van der Waals surface area contributed by atoms with E-state index in [2.05, 4.69) is 39.6 Å². The molecule has 35 heavy (non-hydrogen) atoms. The van der Waals surface area contributed by atoms with Gasteiger partial charge in [-0.2, -0.15) is 0 Å². The molecule has 5 aliphatic rings. The third-order valence-electron chi connectivity index (χ3n) is 9.20. The van der Waals surface area contributed by atoms with Gasteiger partial charge in [-0.1, -0.05) is 30.3 Å². The van der Waals surface area contributed by atoms with Gasteiger partial charge in [0.1, 0.15) is 0 Å². The number of fused-ring (bicyclic) bond motifs is 13. The number of benzene rings is 2. The van der Waals surface area contributed by atoms with Crippen molar-refractivity contribution in [2.24, 2.45) is 5.73 Å². The Labute approximate surface area is 203 Å². The van der Waals surface area contributed by atoms with Gasteiger partial charge in [0.2, 0.25) is 5.91 Å². The number of carbonyl (C=O) groups is 2. The number of primary amides is 1. The zero-order valence-electron chi connectivity index (χ0n) is 19.6. The van der Waals surface area contributed by atoms with Crippen LogP contribution in [0, 0.1) is 0 Å². The third-order valence-corrected chi connectivity index (χ3v) is 9.20. The van der Waals surface area contributed by atoms with Gasteiger partial charge in [0.15, 0.2) is 0 Å². The third kappa shape index (κ3) is 2.38. The minimum atomic E-state index is -0.414. The summed E-state index contributed by atoms with van der Waals surface area (Å²) in [5.74, 6) is -0.288. The zero-order chi connectivity index (χ0) is 23.6. The predicted octanol–water partition coefficient (Wildman–Crippen LogP) is 3.86. The maximum atomic E-state index is 14.4. The second-order valence-electron chi connectivity index (χ2n) is 10.6. The molecule has 0 radical (unpaired) electrons. The minimum Gasteiger partial charge on any atom is -0.366 e. The molecule has 1 aliphatic carbocycles. The van der Waals surface area contributed by atoms with Crippen molar-refractivity contribution >= 4 is 34.5 Å². The van der Waals surface area contributed by atoms with Crippen molar-refractivity contribution in [3.8, 4) is 11.3 Å². The molecule has 0 saturated carbocycles. The van der Waals surface area contributed by atoms with Gasteiger partial charge in [0, 0.05) is 58.0 Å². The minimum absolute atomic E-state index is 0.126. The summed E-state index contributed by atoms with van der Waals surface area (Å²) < 4.78 is 2.13. The van der Waals surface area contributed by atoms with Crippen LogP contribution in [0.3, 0.4) is 0 Å². The lowest BCUT2D eigenvalue weighted by Gasteiger charge is -2.45. The maximum absolute atomic E-state index is 14.4. The van der Waals surface area contributed by atoms with E-state index < -0.39 is 5.91 Å². The van der Waals surface area contributed by atoms with E-state index in [1.54, 1.807) is 0 Å². The van der Waals surface area contributed by atoms with E-state index in [9.17, 15) is 9.59 Å². The van der Waals surface area contributed by atoms with Crippen LogP contribution in [0.2, 0.25) is 0 Å². The van der Waals surface area contributed by atoms with Gasteiger partial charge in [-0.15, -0.1) is 0 Å². The van der Waals surface area contributed by atoms with E-state index in [-0.39, 0.29) is 18.0 Å². The molecular weight excluding hydrogens is 436 g/mol. The fourth-order valence-corrected chi connectivity index (χ4v) is 7.70. The Kier molecular flexibility index (Phi) is 3.66. The first-order valence-electron chi connectivity index (χ1n) is 12.6. The van der Waals surface area contributed by atoms with E-state index in [1.807, 2.05) is 36.5 Å². The van der Waals surface area contributed by atoms with Crippen molar-refractivity contribution < 1.29 is 9.59 Å². The molecule has 4 bridgehead atoms. The second kappa shape index (κ2) is 6.52. The van der Waals surface area contributed by atoms with Crippen LogP contribution in [0.1, 0.15) is 41.6 Å².